The highest BCUT2D eigenvalue weighted by atomic mass is 16.5. The molecular formula is C15H11NO4. The number of carbonyl (C=O) groups is 1. The molecule has 0 bridgehead atoms. The Morgan fingerprint density at radius 1 is 1.10 bits per heavy atom. The summed E-state index contributed by atoms with van der Waals surface area (Å²) in [4.78, 5) is 14.2. The monoisotopic (exact) mass is 269 g/mol. The van der Waals surface area contributed by atoms with Crippen LogP contribution in [-0.4, -0.2) is 21.2 Å². The predicted octanol–water partition coefficient (Wildman–Crippen LogP) is 3.36. The number of phenolic OH excluding ortho intramolecular Hbond substituents is 1. The number of aromatic amines is 1. The lowest BCUT2D eigenvalue weighted by Gasteiger charge is -2.05. The lowest BCUT2D eigenvalue weighted by molar-refractivity contribution is 0.0699. The number of hydrogen-bond acceptors (Lipinski definition) is 3. The minimum absolute atomic E-state index is 0.141. The molecule has 0 atom stereocenters. The van der Waals surface area contributed by atoms with Crippen molar-refractivity contribution in [3.05, 3.63) is 54.2 Å². The van der Waals surface area contributed by atoms with Gasteiger partial charge in [0.2, 0.25) is 0 Å². The molecule has 0 saturated carbocycles. The van der Waals surface area contributed by atoms with Crippen molar-refractivity contribution in [3.8, 4) is 17.2 Å². The van der Waals surface area contributed by atoms with E-state index in [4.69, 9.17) is 4.74 Å². The lowest BCUT2D eigenvalue weighted by atomic mass is 10.1. The van der Waals surface area contributed by atoms with Gasteiger partial charge < -0.3 is 19.9 Å². The fourth-order valence-corrected chi connectivity index (χ4v) is 2.05. The Morgan fingerprint density at radius 2 is 1.85 bits per heavy atom. The Hall–Kier alpha value is -2.95. The Bertz CT molecular complexity index is 774. The van der Waals surface area contributed by atoms with Gasteiger partial charge in [-0.1, -0.05) is 6.07 Å². The van der Waals surface area contributed by atoms with Gasteiger partial charge in [0.15, 0.2) is 5.75 Å². The minimum atomic E-state index is -1.01. The molecule has 0 radical (unpaired) electrons. The number of aromatic nitrogens is 1. The van der Waals surface area contributed by atoms with Crippen LogP contribution < -0.4 is 4.74 Å². The molecule has 0 saturated heterocycles. The number of aromatic hydroxyl groups is 1. The molecule has 0 fully saturated rings. The second-order valence-electron chi connectivity index (χ2n) is 4.28. The van der Waals surface area contributed by atoms with Crippen LogP contribution in [0.25, 0.3) is 10.9 Å². The molecule has 0 aliphatic carbocycles. The van der Waals surface area contributed by atoms with E-state index in [2.05, 4.69) is 4.98 Å². The van der Waals surface area contributed by atoms with Gasteiger partial charge >= 0.3 is 5.97 Å². The van der Waals surface area contributed by atoms with E-state index >= 15 is 0 Å². The van der Waals surface area contributed by atoms with Gasteiger partial charge in [-0.25, -0.2) is 4.79 Å². The van der Waals surface area contributed by atoms with Crippen LogP contribution in [0, 0.1) is 0 Å². The molecule has 1 heterocycles. The first kappa shape index (κ1) is 12.1. The topological polar surface area (TPSA) is 82.5 Å². The van der Waals surface area contributed by atoms with Gasteiger partial charge in [0.25, 0.3) is 0 Å². The van der Waals surface area contributed by atoms with Crippen molar-refractivity contribution >= 4 is 16.9 Å². The highest BCUT2D eigenvalue weighted by Gasteiger charge is 2.14. The van der Waals surface area contributed by atoms with Crippen LogP contribution in [0.15, 0.2) is 48.7 Å². The number of nitrogens with one attached hydrogen (secondary N) is 1. The quantitative estimate of drug-likeness (QED) is 0.680. The summed E-state index contributed by atoms with van der Waals surface area (Å²) in [7, 11) is 0. The summed E-state index contributed by atoms with van der Waals surface area (Å²) >= 11 is 0. The Labute approximate surface area is 114 Å². The van der Waals surface area contributed by atoms with Gasteiger partial charge in [-0.2, -0.15) is 0 Å². The van der Waals surface area contributed by atoms with E-state index in [0.717, 1.165) is 0 Å². The summed E-state index contributed by atoms with van der Waals surface area (Å²) in [6.45, 7) is 0. The zero-order valence-electron chi connectivity index (χ0n) is 10.3. The molecular weight excluding hydrogens is 258 g/mol. The summed E-state index contributed by atoms with van der Waals surface area (Å²) in [5.41, 5.74) is 0.871. The highest BCUT2D eigenvalue weighted by molar-refractivity contribution is 6.05. The standard InChI is InChI=1S/C15H11NO4/c17-9-4-6-10(7-5-9)20-13-8-16-12-3-1-2-11(14(12)13)15(18)19/h1-8,16-17H,(H,18,19). The third-order valence-electron chi connectivity index (χ3n) is 2.96. The van der Waals surface area contributed by atoms with E-state index in [-0.39, 0.29) is 11.3 Å². The van der Waals surface area contributed by atoms with Crippen LogP contribution in [0.2, 0.25) is 0 Å². The molecule has 0 aliphatic heterocycles. The van der Waals surface area contributed by atoms with Crippen molar-refractivity contribution in [1.29, 1.82) is 0 Å². The molecule has 1 aromatic heterocycles. The van der Waals surface area contributed by atoms with Crippen LogP contribution in [0.5, 0.6) is 17.2 Å². The molecule has 3 N–H and O–H groups in total. The fraction of sp³-hybridized carbons (Fsp3) is 0. The van der Waals surface area contributed by atoms with E-state index in [0.29, 0.717) is 22.4 Å². The number of fused-ring (bicyclic) bond motifs is 1. The van der Waals surface area contributed by atoms with Gasteiger partial charge in [-0.3, -0.25) is 0 Å². The molecule has 0 unspecified atom stereocenters. The van der Waals surface area contributed by atoms with E-state index in [1.54, 1.807) is 30.5 Å². The Morgan fingerprint density at radius 3 is 2.55 bits per heavy atom. The van der Waals surface area contributed by atoms with Crippen LogP contribution in [-0.2, 0) is 0 Å². The van der Waals surface area contributed by atoms with Crippen molar-refractivity contribution in [1.82, 2.24) is 4.98 Å². The van der Waals surface area contributed by atoms with Gasteiger partial charge in [0.1, 0.15) is 11.5 Å². The van der Waals surface area contributed by atoms with Crippen molar-refractivity contribution in [2.24, 2.45) is 0 Å². The number of hydrogen-bond donors (Lipinski definition) is 3. The maximum absolute atomic E-state index is 11.3. The van der Waals surface area contributed by atoms with Crippen LogP contribution >= 0.6 is 0 Å². The molecule has 3 aromatic rings. The average Bonchev–Trinajstić information content (AvgIpc) is 2.84. The van der Waals surface area contributed by atoms with Gasteiger partial charge in [-0.05, 0) is 36.4 Å². The number of carboxylic acid groups (broad SMARTS) is 1. The number of carboxylic acids is 1. The second kappa shape index (κ2) is 4.62. The average molecular weight is 269 g/mol. The molecule has 5 nitrogen and oxygen atoms in total. The summed E-state index contributed by atoms with van der Waals surface area (Å²) < 4.78 is 5.67. The van der Waals surface area contributed by atoms with E-state index in [9.17, 15) is 15.0 Å². The van der Waals surface area contributed by atoms with Crippen molar-refractivity contribution in [3.63, 3.8) is 0 Å². The van der Waals surface area contributed by atoms with Gasteiger partial charge in [-0.15, -0.1) is 0 Å². The first-order valence-corrected chi connectivity index (χ1v) is 5.95. The van der Waals surface area contributed by atoms with Crippen LogP contribution in [0.1, 0.15) is 10.4 Å². The maximum Gasteiger partial charge on any atom is 0.336 e. The number of aromatic carboxylic acids is 1. The summed E-state index contributed by atoms with van der Waals surface area (Å²) in [5.74, 6) is 0.0841. The van der Waals surface area contributed by atoms with Crippen molar-refractivity contribution in [2.75, 3.05) is 0 Å². The molecule has 0 aliphatic rings. The van der Waals surface area contributed by atoms with Crippen LogP contribution in [0.3, 0.4) is 0 Å². The minimum Gasteiger partial charge on any atom is -0.508 e. The fourth-order valence-electron chi connectivity index (χ4n) is 2.05. The van der Waals surface area contributed by atoms with Gasteiger partial charge in [0, 0.05) is 6.20 Å². The largest absolute Gasteiger partial charge is 0.508 e. The van der Waals surface area contributed by atoms with Crippen LogP contribution in [0.4, 0.5) is 0 Å². The smallest absolute Gasteiger partial charge is 0.336 e. The number of H-pyrrole nitrogens is 1. The zero-order chi connectivity index (χ0) is 14.1. The second-order valence-corrected chi connectivity index (χ2v) is 4.28. The molecule has 5 heteroatoms. The van der Waals surface area contributed by atoms with Crippen molar-refractivity contribution < 1.29 is 19.7 Å². The maximum atomic E-state index is 11.3. The molecule has 100 valence electrons. The third-order valence-corrected chi connectivity index (χ3v) is 2.96. The lowest BCUT2D eigenvalue weighted by Crippen LogP contribution is -1.97. The molecule has 2 aromatic carbocycles. The Balaban J connectivity index is 2.07. The normalized spacial score (nSPS) is 10.6. The molecule has 0 spiro atoms. The first-order valence-electron chi connectivity index (χ1n) is 5.95. The number of phenols is 1. The number of benzene rings is 2. The van der Waals surface area contributed by atoms with Gasteiger partial charge in [0.05, 0.1) is 16.5 Å². The van der Waals surface area contributed by atoms with E-state index in [1.807, 2.05) is 0 Å². The summed E-state index contributed by atoms with van der Waals surface area (Å²) in [5, 5.41) is 19.0. The molecule has 3 rings (SSSR count). The summed E-state index contributed by atoms with van der Waals surface area (Å²) in [6.07, 6.45) is 1.62. The van der Waals surface area contributed by atoms with E-state index < -0.39 is 5.97 Å². The van der Waals surface area contributed by atoms with E-state index in [1.165, 1.54) is 18.2 Å². The SMILES string of the molecule is O=C(O)c1cccc2[nH]cc(Oc3ccc(O)cc3)c12. The summed E-state index contributed by atoms with van der Waals surface area (Å²) in [6, 6.07) is 11.2. The third kappa shape index (κ3) is 2.05. The van der Waals surface area contributed by atoms with Crippen molar-refractivity contribution in [2.45, 2.75) is 0 Å². The zero-order valence-corrected chi connectivity index (χ0v) is 10.3. The Kier molecular flexibility index (Phi) is 2.80. The number of ether oxygens (including phenoxy) is 1. The predicted molar refractivity (Wildman–Crippen MR) is 73.4 cm³/mol. The molecule has 0 amide bonds. The highest BCUT2D eigenvalue weighted by Crippen LogP contribution is 2.33. The first-order chi connectivity index (χ1) is 9.65. The number of rotatable bonds is 3. The molecule has 20 heavy (non-hydrogen) atoms.